The predicted molar refractivity (Wildman–Crippen MR) is 215 cm³/mol. The van der Waals surface area contributed by atoms with Crippen molar-refractivity contribution in [2.45, 2.75) is 246 Å². The molecule has 0 fully saturated rings. The van der Waals surface area contributed by atoms with E-state index in [9.17, 15) is 9.59 Å². The van der Waals surface area contributed by atoms with Crippen molar-refractivity contribution in [3.8, 4) is 0 Å². The highest BCUT2D eigenvalue weighted by atomic mass is 32.2. The van der Waals surface area contributed by atoms with Gasteiger partial charge in [0.1, 0.15) is 0 Å². The molecule has 0 atom stereocenters. The standard InChI is InChI=1S/2C21H42OS/c2*1-3-5-6-7-8-9-10-11-12-13-14-15-16-17-18-19-20-23-21(22)4-2/h2*3-20H2,1-2H3. The molecule has 0 radical (unpaired) electrons. The molecule has 0 unspecified atom stereocenters. The Morgan fingerprint density at radius 2 is 0.457 bits per heavy atom. The minimum atomic E-state index is 0.353. The summed E-state index contributed by atoms with van der Waals surface area (Å²) in [6.45, 7) is 8.47. The largest absolute Gasteiger partial charge is 0.287 e. The van der Waals surface area contributed by atoms with Gasteiger partial charge in [-0.3, -0.25) is 9.59 Å². The van der Waals surface area contributed by atoms with Gasteiger partial charge in [-0.2, -0.15) is 0 Å². The van der Waals surface area contributed by atoms with Gasteiger partial charge in [0.25, 0.3) is 0 Å². The van der Waals surface area contributed by atoms with Crippen molar-refractivity contribution >= 4 is 33.8 Å². The molecule has 4 heteroatoms. The molecule has 0 saturated carbocycles. The molecule has 0 heterocycles. The Morgan fingerprint density at radius 3 is 0.630 bits per heavy atom. The van der Waals surface area contributed by atoms with E-state index in [0.717, 1.165) is 11.5 Å². The van der Waals surface area contributed by atoms with Crippen molar-refractivity contribution in [2.24, 2.45) is 0 Å². The number of hydrogen-bond donors (Lipinski definition) is 0. The van der Waals surface area contributed by atoms with Gasteiger partial charge in [0.05, 0.1) is 0 Å². The van der Waals surface area contributed by atoms with Crippen LogP contribution in [0.25, 0.3) is 0 Å². The van der Waals surface area contributed by atoms with Crippen LogP contribution in [-0.4, -0.2) is 21.7 Å². The Morgan fingerprint density at radius 1 is 0.283 bits per heavy atom. The van der Waals surface area contributed by atoms with Crippen LogP contribution in [0.4, 0.5) is 0 Å². The van der Waals surface area contributed by atoms with Gasteiger partial charge in [-0.1, -0.05) is 244 Å². The van der Waals surface area contributed by atoms with E-state index < -0.39 is 0 Å². The van der Waals surface area contributed by atoms with Crippen molar-refractivity contribution in [1.29, 1.82) is 0 Å². The van der Waals surface area contributed by atoms with Gasteiger partial charge in [-0.05, 0) is 12.8 Å². The summed E-state index contributed by atoms with van der Waals surface area (Å²) in [6.07, 6.45) is 46.4. The number of carbonyl (C=O) groups is 2. The lowest BCUT2D eigenvalue weighted by atomic mass is 10.0. The second-order valence-electron chi connectivity index (χ2n) is 13.8. The quantitative estimate of drug-likeness (QED) is 0.0615. The zero-order valence-corrected chi connectivity index (χ0v) is 33.7. The Balaban J connectivity index is 0. The molecule has 0 aromatic heterocycles. The van der Waals surface area contributed by atoms with Gasteiger partial charge >= 0.3 is 0 Å². The second kappa shape index (κ2) is 45.0. The zero-order chi connectivity index (χ0) is 34.0. The minimum absolute atomic E-state index is 0.353. The smallest absolute Gasteiger partial charge is 0.188 e. The predicted octanol–water partition coefficient (Wildman–Crippen LogP) is 15.8. The molecule has 276 valence electrons. The highest BCUT2D eigenvalue weighted by Gasteiger charge is 2.00. The molecule has 0 N–H and O–H groups in total. The van der Waals surface area contributed by atoms with E-state index >= 15 is 0 Å². The summed E-state index contributed by atoms with van der Waals surface area (Å²) in [5.74, 6) is 2.07. The van der Waals surface area contributed by atoms with E-state index in [0.29, 0.717) is 23.1 Å². The van der Waals surface area contributed by atoms with Crippen LogP contribution in [-0.2, 0) is 9.59 Å². The van der Waals surface area contributed by atoms with Crippen molar-refractivity contribution in [2.75, 3.05) is 11.5 Å². The molecular weight excluding hydrogens is 601 g/mol. The van der Waals surface area contributed by atoms with Crippen LogP contribution in [0.5, 0.6) is 0 Å². The summed E-state index contributed by atoms with van der Waals surface area (Å²) >= 11 is 3.05. The monoisotopic (exact) mass is 685 g/mol. The topological polar surface area (TPSA) is 34.1 Å². The molecule has 0 amide bonds. The minimum Gasteiger partial charge on any atom is -0.287 e. The van der Waals surface area contributed by atoms with E-state index in [2.05, 4.69) is 13.8 Å². The number of unbranched alkanes of at least 4 members (excludes halogenated alkanes) is 30. The fourth-order valence-corrected chi connectivity index (χ4v) is 7.44. The van der Waals surface area contributed by atoms with Crippen LogP contribution in [0.3, 0.4) is 0 Å². The lowest BCUT2D eigenvalue weighted by molar-refractivity contribution is -0.111. The van der Waals surface area contributed by atoms with Crippen LogP contribution < -0.4 is 0 Å². The molecule has 2 nitrogen and oxygen atoms in total. The number of hydrogen-bond acceptors (Lipinski definition) is 4. The average Bonchev–Trinajstić information content (AvgIpc) is 3.07. The summed E-state index contributed by atoms with van der Waals surface area (Å²) in [7, 11) is 0. The van der Waals surface area contributed by atoms with E-state index in [4.69, 9.17) is 0 Å². The first-order valence-corrected chi connectivity index (χ1v) is 22.9. The SMILES string of the molecule is CCCCCCCCCCCCCCCCCCSC(=O)CC.CCCCCCCCCCCCCCCCCCSC(=O)CC. The Bertz CT molecular complexity index is 530. The maximum absolute atomic E-state index is 11.1. The molecule has 0 rings (SSSR count). The van der Waals surface area contributed by atoms with E-state index in [1.165, 1.54) is 229 Å². The molecule has 0 spiro atoms. The highest BCUT2D eigenvalue weighted by Crippen LogP contribution is 2.16. The van der Waals surface area contributed by atoms with Gasteiger partial charge in [-0.15, -0.1) is 0 Å². The van der Waals surface area contributed by atoms with E-state index in [-0.39, 0.29) is 0 Å². The maximum Gasteiger partial charge on any atom is 0.188 e. The fourth-order valence-electron chi connectivity index (χ4n) is 5.88. The van der Waals surface area contributed by atoms with Crippen LogP contribution in [0.1, 0.15) is 246 Å². The first kappa shape index (κ1) is 48.2. The average molecular weight is 685 g/mol. The third-order valence-corrected chi connectivity index (χ3v) is 11.3. The molecule has 0 aromatic rings. The lowest BCUT2D eigenvalue weighted by Gasteiger charge is -2.03. The van der Waals surface area contributed by atoms with Crippen LogP contribution in [0, 0.1) is 0 Å². The van der Waals surface area contributed by atoms with Crippen molar-refractivity contribution < 1.29 is 9.59 Å². The molecule has 0 aliphatic rings. The second-order valence-corrected chi connectivity index (χ2v) is 16.1. The Kier molecular flexibility index (Phi) is 47.1. The van der Waals surface area contributed by atoms with Crippen LogP contribution in [0.15, 0.2) is 0 Å². The first-order valence-electron chi connectivity index (χ1n) is 20.9. The van der Waals surface area contributed by atoms with Crippen molar-refractivity contribution in [3.63, 3.8) is 0 Å². The number of carbonyl (C=O) groups excluding carboxylic acids is 2. The number of thioether (sulfide) groups is 2. The van der Waals surface area contributed by atoms with Gasteiger partial charge < -0.3 is 0 Å². The van der Waals surface area contributed by atoms with Crippen molar-refractivity contribution in [3.05, 3.63) is 0 Å². The molecular formula is C42H84O2S2. The van der Waals surface area contributed by atoms with Crippen LogP contribution >= 0.6 is 23.5 Å². The summed E-state index contributed by atoms with van der Waals surface area (Å²) in [6, 6.07) is 0. The third-order valence-electron chi connectivity index (χ3n) is 9.10. The third kappa shape index (κ3) is 46.2. The molecule has 0 aliphatic heterocycles. The van der Waals surface area contributed by atoms with E-state index in [1.807, 2.05) is 13.8 Å². The van der Waals surface area contributed by atoms with Gasteiger partial charge in [0.15, 0.2) is 10.2 Å². The van der Waals surface area contributed by atoms with Gasteiger partial charge in [0.2, 0.25) is 0 Å². The highest BCUT2D eigenvalue weighted by molar-refractivity contribution is 8.13. The molecule has 0 aliphatic carbocycles. The molecule has 0 saturated heterocycles. The Labute approximate surface area is 299 Å². The van der Waals surface area contributed by atoms with Gasteiger partial charge in [-0.25, -0.2) is 0 Å². The molecule has 0 bridgehead atoms. The molecule has 0 aromatic carbocycles. The normalized spacial score (nSPS) is 11.0. The summed E-state index contributed by atoms with van der Waals surface area (Å²) in [5, 5.41) is 0.705. The fraction of sp³-hybridized carbons (Fsp3) is 0.952. The lowest BCUT2D eigenvalue weighted by Crippen LogP contribution is -1.90. The first-order chi connectivity index (χ1) is 22.6. The summed E-state index contributed by atoms with van der Waals surface area (Å²) in [4.78, 5) is 22.3. The van der Waals surface area contributed by atoms with E-state index in [1.54, 1.807) is 0 Å². The summed E-state index contributed by atoms with van der Waals surface area (Å²) < 4.78 is 0. The summed E-state index contributed by atoms with van der Waals surface area (Å²) in [5.41, 5.74) is 0. The molecule has 46 heavy (non-hydrogen) atoms. The van der Waals surface area contributed by atoms with Crippen LogP contribution in [0.2, 0.25) is 0 Å². The van der Waals surface area contributed by atoms with Gasteiger partial charge in [0, 0.05) is 24.3 Å². The zero-order valence-electron chi connectivity index (χ0n) is 32.1. The number of rotatable bonds is 36. The van der Waals surface area contributed by atoms with Crippen molar-refractivity contribution in [1.82, 2.24) is 0 Å². The Hall–Kier alpha value is 0.0400. The maximum atomic E-state index is 11.1.